The predicted molar refractivity (Wildman–Crippen MR) is 85.3 cm³/mol. The molecule has 0 bridgehead atoms. The second kappa shape index (κ2) is 6.43. The average molecular weight is 286 g/mol. The van der Waals surface area contributed by atoms with Crippen LogP contribution in [0.3, 0.4) is 0 Å². The Kier molecular flexibility index (Phi) is 4.62. The molecule has 0 aliphatic carbocycles. The largest absolute Gasteiger partial charge is 0.378 e. The van der Waals surface area contributed by atoms with Gasteiger partial charge in [-0.2, -0.15) is 5.10 Å². The van der Waals surface area contributed by atoms with Crippen molar-refractivity contribution in [3.05, 3.63) is 41.7 Å². The molecule has 1 atom stereocenters. The number of carbonyl (C=O) groups excluding carboxylic acids is 1. The minimum Gasteiger partial charge on any atom is -0.378 e. The highest BCUT2D eigenvalue weighted by atomic mass is 16.1. The lowest BCUT2D eigenvalue weighted by molar-refractivity contribution is -0.115. The van der Waals surface area contributed by atoms with E-state index in [0.717, 1.165) is 17.1 Å². The van der Waals surface area contributed by atoms with E-state index in [1.807, 2.05) is 56.0 Å². The van der Waals surface area contributed by atoms with Gasteiger partial charge in [0.2, 0.25) is 5.91 Å². The Balaban J connectivity index is 2.10. The van der Waals surface area contributed by atoms with Crippen molar-refractivity contribution in [1.29, 1.82) is 0 Å². The first kappa shape index (κ1) is 15.1. The number of anilines is 2. The summed E-state index contributed by atoms with van der Waals surface area (Å²) in [5, 5.41) is 10.7. The molecule has 1 heterocycles. The molecule has 112 valence electrons. The van der Waals surface area contributed by atoms with E-state index in [2.05, 4.69) is 22.7 Å². The van der Waals surface area contributed by atoms with Crippen LogP contribution in [0.4, 0.5) is 11.4 Å². The smallest absolute Gasteiger partial charge is 0.224 e. The Morgan fingerprint density at radius 2 is 2.10 bits per heavy atom. The molecule has 0 aliphatic heterocycles. The molecular weight excluding hydrogens is 264 g/mol. The molecule has 21 heavy (non-hydrogen) atoms. The Morgan fingerprint density at radius 1 is 1.38 bits per heavy atom. The van der Waals surface area contributed by atoms with Gasteiger partial charge < -0.3 is 10.6 Å². The summed E-state index contributed by atoms with van der Waals surface area (Å²) in [6.45, 7) is 5.94. The zero-order valence-electron chi connectivity index (χ0n) is 13.0. The number of nitrogens with zero attached hydrogens (tertiary/aromatic N) is 2. The summed E-state index contributed by atoms with van der Waals surface area (Å²) in [5.41, 5.74) is 3.97. The molecule has 1 aromatic carbocycles. The monoisotopic (exact) mass is 286 g/mol. The third-order valence-electron chi connectivity index (χ3n) is 3.37. The molecule has 5 nitrogen and oxygen atoms in total. The van der Waals surface area contributed by atoms with E-state index in [0.29, 0.717) is 6.42 Å². The van der Waals surface area contributed by atoms with Crippen molar-refractivity contribution in [2.24, 2.45) is 7.05 Å². The minimum absolute atomic E-state index is 0.0169. The molecule has 2 aromatic rings. The molecule has 0 saturated carbocycles. The fourth-order valence-electron chi connectivity index (χ4n) is 2.31. The van der Waals surface area contributed by atoms with E-state index in [-0.39, 0.29) is 11.9 Å². The van der Waals surface area contributed by atoms with Gasteiger partial charge in [-0.3, -0.25) is 9.48 Å². The van der Waals surface area contributed by atoms with Crippen molar-refractivity contribution in [2.75, 3.05) is 10.6 Å². The van der Waals surface area contributed by atoms with Crippen molar-refractivity contribution >= 4 is 17.3 Å². The van der Waals surface area contributed by atoms with Gasteiger partial charge in [-0.05, 0) is 32.0 Å². The van der Waals surface area contributed by atoms with E-state index in [4.69, 9.17) is 0 Å². The molecule has 5 heteroatoms. The fourth-order valence-corrected chi connectivity index (χ4v) is 2.31. The second-order valence-electron chi connectivity index (χ2n) is 5.19. The number of aromatic nitrogens is 2. The maximum Gasteiger partial charge on any atom is 0.224 e. The van der Waals surface area contributed by atoms with Crippen LogP contribution in [0.25, 0.3) is 0 Å². The Hall–Kier alpha value is -2.30. The summed E-state index contributed by atoms with van der Waals surface area (Å²) < 4.78 is 1.82. The Morgan fingerprint density at radius 3 is 2.71 bits per heavy atom. The van der Waals surface area contributed by atoms with Crippen LogP contribution in [-0.2, 0) is 11.8 Å². The lowest BCUT2D eigenvalue weighted by atomic mass is 10.1. The molecular formula is C16H22N4O. The van der Waals surface area contributed by atoms with Crippen molar-refractivity contribution < 1.29 is 4.79 Å². The van der Waals surface area contributed by atoms with Gasteiger partial charge in [-0.1, -0.05) is 13.0 Å². The first-order valence-electron chi connectivity index (χ1n) is 7.16. The van der Waals surface area contributed by atoms with Crippen LogP contribution in [0.5, 0.6) is 0 Å². The molecule has 0 fully saturated rings. The van der Waals surface area contributed by atoms with Crippen LogP contribution >= 0.6 is 0 Å². The number of carbonyl (C=O) groups is 1. The van der Waals surface area contributed by atoms with Crippen LogP contribution in [-0.4, -0.2) is 15.7 Å². The quantitative estimate of drug-likeness (QED) is 0.887. The van der Waals surface area contributed by atoms with Gasteiger partial charge in [0.1, 0.15) is 0 Å². The maximum atomic E-state index is 11.4. The number of benzene rings is 1. The first-order chi connectivity index (χ1) is 9.99. The van der Waals surface area contributed by atoms with E-state index in [1.165, 1.54) is 5.56 Å². The number of aryl methyl sites for hydroxylation is 2. The lowest BCUT2D eigenvalue weighted by Gasteiger charge is -2.15. The number of rotatable bonds is 5. The number of hydrogen-bond donors (Lipinski definition) is 2. The van der Waals surface area contributed by atoms with Crippen molar-refractivity contribution in [3.8, 4) is 0 Å². The maximum absolute atomic E-state index is 11.4. The molecule has 1 amide bonds. The third kappa shape index (κ3) is 3.84. The predicted octanol–water partition coefficient (Wildman–Crippen LogP) is 3.25. The van der Waals surface area contributed by atoms with Crippen LogP contribution < -0.4 is 10.6 Å². The summed E-state index contributed by atoms with van der Waals surface area (Å²) in [4.78, 5) is 11.4. The Labute approximate surface area is 125 Å². The molecule has 1 aromatic heterocycles. The van der Waals surface area contributed by atoms with E-state index in [9.17, 15) is 4.79 Å². The van der Waals surface area contributed by atoms with Gasteiger partial charge >= 0.3 is 0 Å². The first-order valence-corrected chi connectivity index (χ1v) is 7.16. The summed E-state index contributed by atoms with van der Waals surface area (Å²) >= 11 is 0. The standard InChI is InChI=1S/C16H22N4O/c1-5-16(21)18-14-8-6-7-13(9-14)17-11(2)15-10-20(4)19-12(15)3/h6-11,17H,5H2,1-4H3,(H,18,21). The van der Waals surface area contributed by atoms with E-state index in [1.54, 1.807) is 0 Å². The molecule has 0 spiro atoms. The van der Waals surface area contributed by atoms with Crippen LogP contribution in [0.1, 0.15) is 37.6 Å². The summed E-state index contributed by atoms with van der Waals surface area (Å²) in [6.07, 6.45) is 2.50. The van der Waals surface area contributed by atoms with Crippen molar-refractivity contribution in [3.63, 3.8) is 0 Å². The molecule has 1 unspecified atom stereocenters. The Bertz CT molecular complexity index is 633. The zero-order valence-corrected chi connectivity index (χ0v) is 13.0. The van der Waals surface area contributed by atoms with Crippen molar-refractivity contribution in [2.45, 2.75) is 33.2 Å². The van der Waals surface area contributed by atoms with E-state index < -0.39 is 0 Å². The van der Waals surface area contributed by atoms with Crippen molar-refractivity contribution in [1.82, 2.24) is 9.78 Å². The van der Waals surface area contributed by atoms with Gasteiger partial charge in [0.15, 0.2) is 0 Å². The summed E-state index contributed by atoms with van der Waals surface area (Å²) in [6, 6.07) is 7.89. The number of hydrogen-bond acceptors (Lipinski definition) is 3. The zero-order chi connectivity index (χ0) is 15.4. The van der Waals surface area contributed by atoms with Gasteiger partial charge in [-0.25, -0.2) is 0 Å². The second-order valence-corrected chi connectivity index (χ2v) is 5.19. The number of amides is 1. The lowest BCUT2D eigenvalue weighted by Crippen LogP contribution is -2.10. The normalized spacial score (nSPS) is 12.0. The van der Waals surface area contributed by atoms with Crippen LogP contribution in [0, 0.1) is 6.92 Å². The number of nitrogens with one attached hydrogen (secondary N) is 2. The van der Waals surface area contributed by atoms with Crippen LogP contribution in [0.15, 0.2) is 30.5 Å². The van der Waals surface area contributed by atoms with E-state index >= 15 is 0 Å². The highest BCUT2D eigenvalue weighted by molar-refractivity contribution is 5.90. The van der Waals surface area contributed by atoms with Crippen LogP contribution in [0.2, 0.25) is 0 Å². The highest BCUT2D eigenvalue weighted by Crippen LogP contribution is 2.23. The van der Waals surface area contributed by atoms with Gasteiger partial charge in [0.25, 0.3) is 0 Å². The summed E-state index contributed by atoms with van der Waals surface area (Å²) in [7, 11) is 1.92. The van der Waals surface area contributed by atoms with Gasteiger partial charge in [0, 0.05) is 36.6 Å². The molecule has 0 radical (unpaired) electrons. The third-order valence-corrected chi connectivity index (χ3v) is 3.37. The highest BCUT2D eigenvalue weighted by Gasteiger charge is 2.11. The topological polar surface area (TPSA) is 59.0 Å². The molecule has 0 aliphatic rings. The SMILES string of the molecule is CCC(=O)Nc1cccc(NC(C)c2cn(C)nc2C)c1. The average Bonchev–Trinajstić information content (AvgIpc) is 2.78. The van der Waals surface area contributed by atoms with Gasteiger partial charge in [-0.15, -0.1) is 0 Å². The summed E-state index contributed by atoms with van der Waals surface area (Å²) in [5.74, 6) is 0.0169. The molecule has 2 rings (SSSR count). The molecule has 2 N–H and O–H groups in total. The molecule has 0 saturated heterocycles. The minimum atomic E-state index is 0.0169. The fraction of sp³-hybridized carbons (Fsp3) is 0.375. The van der Waals surface area contributed by atoms with Gasteiger partial charge in [0.05, 0.1) is 11.7 Å².